The Hall–Kier alpha value is -1.00. The van der Waals surface area contributed by atoms with Crippen LogP contribution >= 0.6 is 0 Å². The normalized spacial score (nSPS) is 15.6. The Morgan fingerprint density at radius 1 is 1.50 bits per heavy atom. The molecule has 1 rings (SSSR count). The number of aromatic nitrogens is 2. The van der Waals surface area contributed by atoms with E-state index in [-0.39, 0.29) is 5.92 Å². The molecule has 1 heterocycles. The van der Waals surface area contributed by atoms with Gasteiger partial charge in [0.1, 0.15) is 6.10 Å². The second-order valence-corrected chi connectivity index (χ2v) is 2.76. The molecule has 0 amide bonds. The van der Waals surface area contributed by atoms with Gasteiger partial charge in [0.2, 0.25) is 0 Å². The summed E-state index contributed by atoms with van der Waals surface area (Å²) in [7, 11) is 0. The summed E-state index contributed by atoms with van der Waals surface area (Å²) in [5.41, 5.74) is 5.39. The van der Waals surface area contributed by atoms with Crippen LogP contribution in [0.2, 0.25) is 0 Å². The van der Waals surface area contributed by atoms with Crippen molar-refractivity contribution in [2.75, 3.05) is 6.54 Å². The average Bonchev–Trinajstić information content (AvgIpc) is 2.17. The zero-order valence-electron chi connectivity index (χ0n) is 7.01. The van der Waals surface area contributed by atoms with E-state index >= 15 is 0 Å². The molecule has 0 bridgehead atoms. The molecule has 0 aliphatic heterocycles. The van der Waals surface area contributed by atoms with E-state index in [2.05, 4.69) is 9.97 Å². The van der Waals surface area contributed by atoms with Gasteiger partial charge in [-0.2, -0.15) is 0 Å². The maximum Gasteiger partial charge on any atom is 0.157 e. The molecule has 12 heavy (non-hydrogen) atoms. The highest BCUT2D eigenvalue weighted by molar-refractivity contribution is 4.94. The van der Waals surface area contributed by atoms with Gasteiger partial charge in [0.25, 0.3) is 0 Å². The van der Waals surface area contributed by atoms with Crippen LogP contribution in [0.3, 0.4) is 0 Å². The molecule has 0 saturated carbocycles. The van der Waals surface area contributed by atoms with Crippen molar-refractivity contribution in [2.24, 2.45) is 11.7 Å². The van der Waals surface area contributed by atoms with Crippen molar-refractivity contribution in [3.63, 3.8) is 0 Å². The lowest BCUT2D eigenvalue weighted by atomic mass is 10.1. The van der Waals surface area contributed by atoms with Gasteiger partial charge in [-0.25, -0.2) is 9.97 Å². The lowest BCUT2D eigenvalue weighted by Gasteiger charge is -2.14. The Morgan fingerprint density at radius 3 is 2.58 bits per heavy atom. The highest BCUT2D eigenvalue weighted by Crippen LogP contribution is 2.15. The molecule has 0 aromatic carbocycles. The lowest BCUT2D eigenvalue weighted by molar-refractivity contribution is 0.112. The number of aliphatic hydroxyl groups excluding tert-OH is 1. The van der Waals surface area contributed by atoms with Crippen LogP contribution in [-0.2, 0) is 0 Å². The summed E-state index contributed by atoms with van der Waals surface area (Å²) in [6.45, 7) is 2.29. The van der Waals surface area contributed by atoms with Crippen molar-refractivity contribution in [3.8, 4) is 0 Å². The summed E-state index contributed by atoms with van der Waals surface area (Å²) >= 11 is 0. The molecule has 1 aromatic heterocycles. The van der Waals surface area contributed by atoms with E-state index in [0.717, 1.165) is 0 Å². The molecule has 0 aliphatic carbocycles. The van der Waals surface area contributed by atoms with Gasteiger partial charge < -0.3 is 10.8 Å². The molecule has 2 atom stereocenters. The minimum atomic E-state index is -0.656. The van der Waals surface area contributed by atoms with Gasteiger partial charge in [0, 0.05) is 18.3 Å². The minimum absolute atomic E-state index is 0.00704. The van der Waals surface area contributed by atoms with Crippen molar-refractivity contribution in [1.82, 2.24) is 9.97 Å². The van der Waals surface area contributed by atoms with Crippen molar-refractivity contribution in [3.05, 3.63) is 24.3 Å². The van der Waals surface area contributed by atoms with Gasteiger partial charge in [0.15, 0.2) is 5.82 Å². The molecular weight excluding hydrogens is 154 g/mol. The number of nitrogens with two attached hydrogens (primary N) is 1. The van der Waals surface area contributed by atoms with Crippen molar-refractivity contribution >= 4 is 0 Å². The van der Waals surface area contributed by atoms with E-state index in [0.29, 0.717) is 12.4 Å². The lowest BCUT2D eigenvalue weighted by Crippen LogP contribution is -2.20. The molecule has 0 saturated heterocycles. The number of nitrogens with zero attached hydrogens (tertiary/aromatic N) is 2. The van der Waals surface area contributed by atoms with E-state index in [1.165, 1.54) is 0 Å². The Labute approximate surface area is 71.5 Å². The molecule has 3 N–H and O–H groups in total. The molecule has 2 unspecified atom stereocenters. The zero-order valence-corrected chi connectivity index (χ0v) is 7.01. The fourth-order valence-corrected chi connectivity index (χ4v) is 0.847. The predicted octanol–water partition coefficient (Wildman–Crippen LogP) is 0.105. The molecule has 4 heteroatoms. The number of rotatable bonds is 3. The Bertz CT molecular complexity index is 227. The predicted molar refractivity (Wildman–Crippen MR) is 45.2 cm³/mol. The summed E-state index contributed by atoms with van der Waals surface area (Å²) < 4.78 is 0. The summed E-state index contributed by atoms with van der Waals surface area (Å²) in [5.74, 6) is 0.433. The molecule has 0 aliphatic rings. The van der Waals surface area contributed by atoms with E-state index in [1.807, 2.05) is 6.92 Å². The van der Waals surface area contributed by atoms with Gasteiger partial charge in [-0.1, -0.05) is 6.92 Å². The van der Waals surface area contributed by atoms with Crippen LogP contribution < -0.4 is 5.73 Å². The molecule has 0 radical (unpaired) electrons. The standard InChI is InChI=1S/C8H13N3O/c1-6(5-9)7(12)8-10-3-2-4-11-8/h2-4,6-7,12H,5,9H2,1H3. The van der Waals surface area contributed by atoms with E-state index in [1.54, 1.807) is 18.5 Å². The van der Waals surface area contributed by atoms with Gasteiger partial charge in [-0.15, -0.1) is 0 Å². The average molecular weight is 167 g/mol. The fraction of sp³-hybridized carbons (Fsp3) is 0.500. The third kappa shape index (κ3) is 1.99. The van der Waals surface area contributed by atoms with E-state index < -0.39 is 6.10 Å². The topological polar surface area (TPSA) is 72.0 Å². The molecule has 1 aromatic rings. The second-order valence-electron chi connectivity index (χ2n) is 2.76. The summed E-state index contributed by atoms with van der Waals surface area (Å²) in [6.07, 6.45) is 2.56. The van der Waals surface area contributed by atoms with E-state index in [9.17, 15) is 5.11 Å². The largest absolute Gasteiger partial charge is 0.385 e. The monoisotopic (exact) mass is 167 g/mol. The van der Waals surface area contributed by atoms with Crippen molar-refractivity contribution < 1.29 is 5.11 Å². The molecule has 4 nitrogen and oxygen atoms in total. The van der Waals surface area contributed by atoms with Gasteiger partial charge >= 0.3 is 0 Å². The zero-order chi connectivity index (χ0) is 8.97. The van der Waals surface area contributed by atoms with Crippen LogP contribution in [0.25, 0.3) is 0 Å². The SMILES string of the molecule is CC(CN)C(O)c1ncccn1. The van der Waals surface area contributed by atoms with Gasteiger partial charge in [-0.3, -0.25) is 0 Å². The maximum absolute atomic E-state index is 9.58. The second kappa shape index (κ2) is 4.13. The quantitative estimate of drug-likeness (QED) is 0.670. The van der Waals surface area contributed by atoms with E-state index in [4.69, 9.17) is 5.73 Å². The molecular formula is C8H13N3O. The number of hydrogen-bond acceptors (Lipinski definition) is 4. The first-order valence-corrected chi connectivity index (χ1v) is 3.90. The molecule has 0 spiro atoms. The first-order valence-electron chi connectivity index (χ1n) is 3.90. The molecule has 0 fully saturated rings. The van der Waals surface area contributed by atoms with Crippen LogP contribution in [0.4, 0.5) is 0 Å². The third-order valence-corrected chi connectivity index (χ3v) is 1.76. The highest BCUT2D eigenvalue weighted by atomic mass is 16.3. The summed E-state index contributed by atoms with van der Waals surface area (Å²) in [6, 6.07) is 1.71. The molecule has 66 valence electrons. The Balaban J connectivity index is 2.71. The van der Waals surface area contributed by atoms with Crippen LogP contribution in [0.1, 0.15) is 18.9 Å². The smallest absolute Gasteiger partial charge is 0.157 e. The maximum atomic E-state index is 9.58. The van der Waals surface area contributed by atoms with Crippen LogP contribution in [0, 0.1) is 5.92 Å². The van der Waals surface area contributed by atoms with Crippen molar-refractivity contribution in [1.29, 1.82) is 0 Å². The van der Waals surface area contributed by atoms with Gasteiger partial charge in [-0.05, 0) is 12.6 Å². The summed E-state index contributed by atoms with van der Waals surface area (Å²) in [4.78, 5) is 7.86. The van der Waals surface area contributed by atoms with Crippen LogP contribution in [0.15, 0.2) is 18.5 Å². The first-order chi connectivity index (χ1) is 5.75. The van der Waals surface area contributed by atoms with Crippen molar-refractivity contribution in [2.45, 2.75) is 13.0 Å². The Morgan fingerprint density at radius 2 is 2.08 bits per heavy atom. The fourth-order valence-electron chi connectivity index (χ4n) is 0.847. The van der Waals surface area contributed by atoms with Gasteiger partial charge in [0.05, 0.1) is 0 Å². The number of hydrogen-bond donors (Lipinski definition) is 2. The third-order valence-electron chi connectivity index (χ3n) is 1.76. The minimum Gasteiger partial charge on any atom is -0.385 e. The Kier molecular flexibility index (Phi) is 3.13. The number of aliphatic hydroxyl groups is 1. The summed E-state index contributed by atoms with van der Waals surface area (Å²) in [5, 5.41) is 9.58. The highest BCUT2D eigenvalue weighted by Gasteiger charge is 2.16. The van der Waals surface area contributed by atoms with Crippen LogP contribution in [-0.4, -0.2) is 21.6 Å². The first kappa shape index (κ1) is 9.09. The van der Waals surface area contributed by atoms with Crippen LogP contribution in [0.5, 0.6) is 0 Å².